The lowest BCUT2D eigenvalue weighted by Crippen LogP contribution is -1.97. The Balaban J connectivity index is 2.25. The topological polar surface area (TPSA) is 0 Å². The molecule has 0 aliphatic rings. The Morgan fingerprint density at radius 3 is 2.04 bits per heavy atom. The van der Waals surface area contributed by atoms with E-state index in [0.717, 1.165) is 12.0 Å². The molecule has 3 rings (SSSR count). The molecule has 0 saturated carbocycles. The van der Waals surface area contributed by atoms with Crippen molar-refractivity contribution in [3.8, 4) is 11.1 Å². The summed E-state index contributed by atoms with van der Waals surface area (Å²) in [4.78, 5) is 0. The molecular formula is C20H17F3. The lowest BCUT2D eigenvalue weighted by molar-refractivity contribution is 0.513. The summed E-state index contributed by atoms with van der Waals surface area (Å²) in [6.45, 7) is 3.81. The van der Waals surface area contributed by atoms with Crippen molar-refractivity contribution < 1.29 is 13.2 Å². The highest BCUT2D eigenvalue weighted by atomic mass is 19.2. The second kappa shape index (κ2) is 6.07. The average Bonchev–Trinajstić information content (AvgIpc) is 2.58. The van der Waals surface area contributed by atoms with Gasteiger partial charge in [-0.15, -0.1) is 0 Å². The van der Waals surface area contributed by atoms with Gasteiger partial charge in [-0.3, -0.25) is 0 Å². The zero-order valence-corrected chi connectivity index (χ0v) is 13.1. The first-order chi connectivity index (χ1) is 11.1. The first kappa shape index (κ1) is 15.6. The van der Waals surface area contributed by atoms with E-state index in [9.17, 15) is 13.2 Å². The Kier molecular flexibility index (Phi) is 4.12. The van der Waals surface area contributed by atoms with E-state index >= 15 is 0 Å². The van der Waals surface area contributed by atoms with E-state index in [1.165, 1.54) is 6.07 Å². The van der Waals surface area contributed by atoms with E-state index in [-0.39, 0.29) is 10.9 Å². The molecule has 0 aliphatic carbocycles. The smallest absolute Gasteiger partial charge is 0.170 e. The van der Waals surface area contributed by atoms with Crippen LogP contribution in [0, 0.1) is 17.5 Å². The third-order valence-corrected chi connectivity index (χ3v) is 4.26. The zero-order chi connectivity index (χ0) is 16.6. The van der Waals surface area contributed by atoms with Crippen molar-refractivity contribution in [3.63, 3.8) is 0 Å². The molecule has 0 atom stereocenters. The van der Waals surface area contributed by atoms with Crippen molar-refractivity contribution in [2.45, 2.75) is 26.7 Å². The van der Waals surface area contributed by atoms with Crippen molar-refractivity contribution in [2.75, 3.05) is 0 Å². The van der Waals surface area contributed by atoms with Gasteiger partial charge in [0.1, 0.15) is 5.82 Å². The maximum absolute atomic E-state index is 14.5. The number of fused-ring (bicyclic) bond motifs is 1. The number of aryl methyl sites for hydroxylation is 2. The van der Waals surface area contributed by atoms with Gasteiger partial charge >= 0.3 is 0 Å². The molecule has 0 fully saturated rings. The van der Waals surface area contributed by atoms with Crippen molar-refractivity contribution >= 4 is 10.8 Å². The number of halogens is 3. The summed E-state index contributed by atoms with van der Waals surface area (Å²) in [6, 6.07) is 12.1. The Morgan fingerprint density at radius 2 is 1.43 bits per heavy atom. The summed E-state index contributed by atoms with van der Waals surface area (Å²) in [6.07, 6.45) is 1.31. The average molecular weight is 314 g/mol. The normalized spacial score (nSPS) is 11.2. The maximum Gasteiger partial charge on any atom is 0.170 e. The Hall–Kier alpha value is -2.29. The van der Waals surface area contributed by atoms with Crippen LogP contribution in [0.25, 0.3) is 21.9 Å². The van der Waals surface area contributed by atoms with Crippen molar-refractivity contribution in [2.24, 2.45) is 0 Å². The van der Waals surface area contributed by atoms with Gasteiger partial charge in [0.25, 0.3) is 0 Å². The van der Waals surface area contributed by atoms with E-state index in [1.54, 1.807) is 31.2 Å². The second-order valence-corrected chi connectivity index (χ2v) is 5.59. The highest BCUT2D eigenvalue weighted by Gasteiger charge is 2.19. The predicted octanol–water partition coefficient (Wildman–Crippen LogP) is 6.05. The number of hydrogen-bond acceptors (Lipinski definition) is 0. The number of benzene rings is 3. The SMILES string of the molecule is CCc1ccc(-c2cc3ccc(CC)c(F)c3c(F)c2F)cc1. The molecule has 0 N–H and O–H groups in total. The van der Waals surface area contributed by atoms with Crippen LogP contribution in [0.3, 0.4) is 0 Å². The first-order valence-electron chi connectivity index (χ1n) is 7.75. The summed E-state index contributed by atoms with van der Waals surface area (Å²) < 4.78 is 43.3. The molecule has 0 unspecified atom stereocenters. The molecule has 0 heterocycles. The maximum atomic E-state index is 14.5. The van der Waals surface area contributed by atoms with Gasteiger partial charge in [-0.2, -0.15) is 0 Å². The molecule has 23 heavy (non-hydrogen) atoms. The molecule has 0 aliphatic heterocycles. The van der Waals surface area contributed by atoms with Crippen LogP contribution >= 0.6 is 0 Å². The van der Waals surface area contributed by atoms with Crippen molar-refractivity contribution in [1.29, 1.82) is 0 Å². The fraction of sp³-hybridized carbons (Fsp3) is 0.200. The van der Waals surface area contributed by atoms with Crippen LogP contribution < -0.4 is 0 Å². The number of rotatable bonds is 3. The van der Waals surface area contributed by atoms with E-state index < -0.39 is 17.5 Å². The van der Waals surface area contributed by atoms with Crippen LogP contribution in [0.1, 0.15) is 25.0 Å². The lowest BCUT2D eigenvalue weighted by Gasteiger charge is -2.11. The summed E-state index contributed by atoms with van der Waals surface area (Å²) >= 11 is 0. The first-order valence-corrected chi connectivity index (χ1v) is 7.75. The molecule has 0 aromatic heterocycles. The third-order valence-electron chi connectivity index (χ3n) is 4.26. The standard InChI is InChI=1S/C20H17F3/c1-3-12-5-7-14(8-6-12)16-11-15-10-9-13(4-2)18(21)17(15)20(23)19(16)22/h5-11H,3-4H2,1-2H3. The molecule has 118 valence electrons. The van der Waals surface area contributed by atoms with Crippen LogP contribution in [0.4, 0.5) is 13.2 Å². The summed E-state index contributed by atoms with van der Waals surface area (Å²) in [7, 11) is 0. The monoisotopic (exact) mass is 314 g/mol. The van der Waals surface area contributed by atoms with Crippen LogP contribution in [0.2, 0.25) is 0 Å². The molecule has 0 bridgehead atoms. The van der Waals surface area contributed by atoms with Crippen molar-refractivity contribution in [1.82, 2.24) is 0 Å². The minimum absolute atomic E-state index is 0.154. The second-order valence-electron chi connectivity index (χ2n) is 5.59. The molecular weight excluding hydrogens is 297 g/mol. The molecule has 3 heteroatoms. The minimum atomic E-state index is -1.12. The molecule has 3 aromatic rings. The van der Waals surface area contributed by atoms with Crippen LogP contribution in [-0.2, 0) is 12.8 Å². The van der Waals surface area contributed by atoms with E-state index in [0.29, 0.717) is 22.9 Å². The Morgan fingerprint density at radius 1 is 0.739 bits per heavy atom. The Labute approximate surface area is 133 Å². The molecule has 0 spiro atoms. The number of hydrogen-bond donors (Lipinski definition) is 0. The van der Waals surface area contributed by atoms with Gasteiger partial charge in [-0.05, 0) is 41.0 Å². The lowest BCUT2D eigenvalue weighted by atomic mass is 9.97. The molecule has 0 saturated heterocycles. The molecule has 0 radical (unpaired) electrons. The van der Waals surface area contributed by atoms with E-state index in [4.69, 9.17) is 0 Å². The molecule has 0 nitrogen and oxygen atoms in total. The third kappa shape index (κ3) is 2.61. The fourth-order valence-corrected chi connectivity index (χ4v) is 2.83. The molecule has 3 aromatic carbocycles. The summed E-state index contributed by atoms with van der Waals surface area (Å²) in [5.74, 6) is -2.80. The van der Waals surface area contributed by atoms with Gasteiger partial charge in [0.2, 0.25) is 0 Å². The fourth-order valence-electron chi connectivity index (χ4n) is 2.83. The largest absolute Gasteiger partial charge is 0.206 e. The zero-order valence-electron chi connectivity index (χ0n) is 13.1. The van der Waals surface area contributed by atoms with Crippen LogP contribution in [-0.4, -0.2) is 0 Å². The van der Waals surface area contributed by atoms with Gasteiger partial charge in [0.05, 0.1) is 5.39 Å². The molecule has 0 amide bonds. The summed E-state index contributed by atoms with van der Waals surface area (Å²) in [5.41, 5.74) is 2.24. The quantitative estimate of drug-likeness (QED) is 0.552. The van der Waals surface area contributed by atoms with Gasteiger partial charge in [0.15, 0.2) is 11.6 Å². The van der Waals surface area contributed by atoms with Crippen molar-refractivity contribution in [3.05, 3.63) is 71.0 Å². The van der Waals surface area contributed by atoms with E-state index in [1.807, 2.05) is 19.1 Å². The van der Waals surface area contributed by atoms with E-state index in [2.05, 4.69) is 0 Å². The van der Waals surface area contributed by atoms with Gasteiger partial charge in [-0.1, -0.05) is 50.2 Å². The Bertz CT molecular complexity index is 864. The van der Waals surface area contributed by atoms with Gasteiger partial charge < -0.3 is 0 Å². The van der Waals surface area contributed by atoms with Gasteiger partial charge in [-0.25, -0.2) is 13.2 Å². The highest BCUT2D eigenvalue weighted by Crippen LogP contribution is 2.33. The minimum Gasteiger partial charge on any atom is -0.206 e. The summed E-state index contributed by atoms with van der Waals surface area (Å²) in [5, 5.41) is 0.101. The van der Waals surface area contributed by atoms with Gasteiger partial charge in [0, 0.05) is 5.56 Å². The van der Waals surface area contributed by atoms with Crippen LogP contribution in [0.5, 0.6) is 0 Å². The predicted molar refractivity (Wildman–Crippen MR) is 88.0 cm³/mol. The highest BCUT2D eigenvalue weighted by molar-refractivity contribution is 5.89. The van der Waals surface area contributed by atoms with Crippen LogP contribution in [0.15, 0.2) is 42.5 Å².